The van der Waals surface area contributed by atoms with Gasteiger partial charge in [0.25, 0.3) is 0 Å². The summed E-state index contributed by atoms with van der Waals surface area (Å²) in [6.07, 6.45) is 1.71. The summed E-state index contributed by atoms with van der Waals surface area (Å²) in [6, 6.07) is 5.53. The Labute approximate surface area is 90.1 Å². The number of benzene rings is 1. The summed E-state index contributed by atoms with van der Waals surface area (Å²) in [5, 5.41) is 9.26. The largest absolute Gasteiger partial charge is 0.382 e. The molecule has 1 aromatic carbocycles. The first-order valence-corrected chi connectivity index (χ1v) is 4.81. The first-order chi connectivity index (χ1) is 7.25. The van der Waals surface area contributed by atoms with Gasteiger partial charge in [0.1, 0.15) is 0 Å². The Hall–Kier alpha value is -1.81. The minimum absolute atomic E-state index is 0.458. The molecule has 0 aliphatic heterocycles. The molecule has 4 nitrogen and oxygen atoms in total. The van der Waals surface area contributed by atoms with Crippen LogP contribution >= 0.6 is 11.6 Å². The van der Waals surface area contributed by atoms with E-state index >= 15 is 0 Å². The lowest BCUT2D eigenvalue weighted by Crippen LogP contribution is -1.84. The van der Waals surface area contributed by atoms with Crippen molar-refractivity contribution in [2.75, 3.05) is 5.73 Å². The number of anilines is 1. The predicted octanol–water partition coefficient (Wildman–Crippen LogP) is 2.35. The molecule has 74 valence electrons. The number of fused-ring (bicyclic) bond motifs is 3. The van der Waals surface area contributed by atoms with Gasteiger partial charge >= 0.3 is 0 Å². The van der Waals surface area contributed by atoms with Gasteiger partial charge in [-0.15, -0.1) is 0 Å². The lowest BCUT2D eigenvalue weighted by Gasteiger charge is -1.98. The van der Waals surface area contributed by atoms with Crippen LogP contribution in [0.3, 0.4) is 0 Å². The molecule has 0 aliphatic carbocycles. The number of nitrogens with one attached hydrogen (secondary N) is 1. The van der Waals surface area contributed by atoms with E-state index in [9.17, 15) is 0 Å². The van der Waals surface area contributed by atoms with Gasteiger partial charge in [0, 0.05) is 16.6 Å². The summed E-state index contributed by atoms with van der Waals surface area (Å²) < 4.78 is 0. The maximum Gasteiger partial charge on any atom is 0.154 e. The van der Waals surface area contributed by atoms with Crippen LogP contribution in [0.2, 0.25) is 5.02 Å². The number of nitrogen functional groups attached to an aromatic ring is 1. The SMILES string of the molecule is Nc1n[nH]c2c1cnc1ccc(Cl)cc12. The molecule has 0 saturated heterocycles. The van der Waals surface area contributed by atoms with Crippen molar-refractivity contribution in [3.63, 3.8) is 0 Å². The molecule has 0 unspecified atom stereocenters. The Morgan fingerprint density at radius 1 is 1.27 bits per heavy atom. The Morgan fingerprint density at radius 3 is 3.00 bits per heavy atom. The molecule has 3 aromatic rings. The molecule has 2 aromatic heterocycles. The zero-order valence-corrected chi connectivity index (χ0v) is 8.42. The van der Waals surface area contributed by atoms with Gasteiger partial charge in [0.05, 0.1) is 16.4 Å². The van der Waals surface area contributed by atoms with Crippen LogP contribution in [0.25, 0.3) is 21.8 Å². The number of hydrogen-bond donors (Lipinski definition) is 2. The molecule has 2 heterocycles. The van der Waals surface area contributed by atoms with E-state index in [1.54, 1.807) is 6.20 Å². The standard InChI is InChI=1S/C10H7ClN4/c11-5-1-2-8-6(3-5)9-7(4-13-8)10(12)15-14-9/h1-4H,(H3,12,14,15). The van der Waals surface area contributed by atoms with Crippen molar-refractivity contribution >= 4 is 39.2 Å². The Bertz CT molecular complexity index is 659. The summed E-state index contributed by atoms with van der Waals surface area (Å²) in [5.74, 6) is 0.458. The monoisotopic (exact) mass is 218 g/mol. The van der Waals surface area contributed by atoms with Crippen LogP contribution < -0.4 is 5.73 Å². The second-order valence-corrected chi connectivity index (χ2v) is 3.75. The van der Waals surface area contributed by atoms with Crippen molar-refractivity contribution < 1.29 is 0 Å². The molecule has 3 N–H and O–H groups in total. The lowest BCUT2D eigenvalue weighted by atomic mass is 10.2. The van der Waals surface area contributed by atoms with Crippen molar-refractivity contribution in [1.82, 2.24) is 15.2 Å². The fourth-order valence-electron chi connectivity index (χ4n) is 1.66. The van der Waals surface area contributed by atoms with E-state index in [0.717, 1.165) is 21.8 Å². The van der Waals surface area contributed by atoms with Gasteiger partial charge in [-0.2, -0.15) is 5.10 Å². The topological polar surface area (TPSA) is 67.6 Å². The molecule has 0 radical (unpaired) electrons. The van der Waals surface area contributed by atoms with Crippen molar-refractivity contribution in [3.8, 4) is 0 Å². The molecule has 0 saturated carbocycles. The average molecular weight is 219 g/mol. The number of nitrogens with zero attached hydrogens (tertiary/aromatic N) is 2. The summed E-state index contributed by atoms with van der Waals surface area (Å²) in [5.41, 5.74) is 7.44. The van der Waals surface area contributed by atoms with Gasteiger partial charge in [-0.05, 0) is 18.2 Å². The highest BCUT2D eigenvalue weighted by Gasteiger charge is 2.07. The summed E-state index contributed by atoms with van der Waals surface area (Å²) in [4.78, 5) is 4.28. The number of nitrogens with two attached hydrogens (primary N) is 1. The maximum atomic E-state index is 5.93. The zero-order valence-electron chi connectivity index (χ0n) is 7.66. The molecular formula is C10H7ClN4. The quantitative estimate of drug-likeness (QED) is 0.609. The van der Waals surface area contributed by atoms with E-state index in [1.165, 1.54) is 0 Å². The van der Waals surface area contributed by atoms with E-state index in [2.05, 4.69) is 15.2 Å². The van der Waals surface area contributed by atoms with E-state index in [0.29, 0.717) is 10.8 Å². The van der Waals surface area contributed by atoms with E-state index in [1.807, 2.05) is 18.2 Å². The van der Waals surface area contributed by atoms with Gasteiger partial charge in [-0.3, -0.25) is 10.1 Å². The van der Waals surface area contributed by atoms with Crippen molar-refractivity contribution in [1.29, 1.82) is 0 Å². The maximum absolute atomic E-state index is 5.93. The van der Waals surface area contributed by atoms with E-state index in [4.69, 9.17) is 17.3 Å². The third kappa shape index (κ3) is 1.15. The summed E-state index contributed by atoms with van der Waals surface area (Å²) in [6.45, 7) is 0. The molecule has 0 atom stereocenters. The van der Waals surface area contributed by atoms with Crippen molar-refractivity contribution in [2.24, 2.45) is 0 Å². The van der Waals surface area contributed by atoms with Gasteiger partial charge < -0.3 is 5.73 Å². The Morgan fingerprint density at radius 2 is 2.13 bits per heavy atom. The summed E-state index contributed by atoms with van der Waals surface area (Å²) >= 11 is 5.93. The second-order valence-electron chi connectivity index (χ2n) is 3.32. The number of H-pyrrole nitrogens is 1. The van der Waals surface area contributed by atoms with Crippen LogP contribution in [0.15, 0.2) is 24.4 Å². The van der Waals surface area contributed by atoms with Gasteiger partial charge in [-0.1, -0.05) is 11.6 Å². The van der Waals surface area contributed by atoms with Crippen molar-refractivity contribution in [2.45, 2.75) is 0 Å². The molecular weight excluding hydrogens is 212 g/mol. The van der Waals surface area contributed by atoms with Crippen LogP contribution in [0.5, 0.6) is 0 Å². The fourth-order valence-corrected chi connectivity index (χ4v) is 1.83. The highest BCUT2D eigenvalue weighted by molar-refractivity contribution is 6.31. The third-order valence-corrected chi connectivity index (χ3v) is 2.63. The van der Waals surface area contributed by atoms with E-state index in [-0.39, 0.29) is 0 Å². The average Bonchev–Trinajstić information content (AvgIpc) is 2.61. The smallest absolute Gasteiger partial charge is 0.154 e. The van der Waals surface area contributed by atoms with Crippen LogP contribution in [0, 0.1) is 0 Å². The minimum Gasteiger partial charge on any atom is -0.382 e. The van der Waals surface area contributed by atoms with Crippen LogP contribution in [-0.4, -0.2) is 15.2 Å². The number of pyridine rings is 1. The zero-order chi connectivity index (χ0) is 10.4. The molecule has 5 heteroatoms. The highest BCUT2D eigenvalue weighted by Crippen LogP contribution is 2.26. The highest BCUT2D eigenvalue weighted by atomic mass is 35.5. The van der Waals surface area contributed by atoms with Gasteiger partial charge in [0.15, 0.2) is 5.82 Å². The first-order valence-electron chi connectivity index (χ1n) is 4.43. The molecule has 0 amide bonds. The molecule has 0 aliphatic rings. The number of hydrogen-bond acceptors (Lipinski definition) is 3. The molecule has 0 bridgehead atoms. The van der Waals surface area contributed by atoms with Crippen LogP contribution in [0.1, 0.15) is 0 Å². The van der Waals surface area contributed by atoms with Crippen LogP contribution in [-0.2, 0) is 0 Å². The number of rotatable bonds is 0. The fraction of sp³-hybridized carbons (Fsp3) is 0. The predicted molar refractivity (Wildman–Crippen MR) is 60.8 cm³/mol. The number of aromatic amines is 1. The molecule has 3 rings (SSSR count). The summed E-state index contributed by atoms with van der Waals surface area (Å²) in [7, 11) is 0. The van der Waals surface area contributed by atoms with Crippen molar-refractivity contribution in [3.05, 3.63) is 29.4 Å². The Balaban J connectivity index is 2.57. The molecule has 15 heavy (non-hydrogen) atoms. The van der Waals surface area contributed by atoms with Gasteiger partial charge in [-0.25, -0.2) is 0 Å². The molecule has 0 spiro atoms. The van der Waals surface area contributed by atoms with Crippen LogP contribution in [0.4, 0.5) is 5.82 Å². The minimum atomic E-state index is 0.458. The molecule has 0 fully saturated rings. The second kappa shape index (κ2) is 2.84. The van der Waals surface area contributed by atoms with Gasteiger partial charge in [0.2, 0.25) is 0 Å². The lowest BCUT2D eigenvalue weighted by molar-refractivity contribution is 1.13. The Kier molecular flexibility index (Phi) is 1.61. The third-order valence-electron chi connectivity index (χ3n) is 2.39. The van der Waals surface area contributed by atoms with E-state index < -0.39 is 0 Å². The first kappa shape index (κ1) is 8.49. The normalized spacial score (nSPS) is 11.3. The number of aromatic nitrogens is 3. The number of halogens is 1.